The molecule has 166 valence electrons. The van der Waals surface area contributed by atoms with Crippen molar-refractivity contribution >= 4 is 29.5 Å². The maximum absolute atomic E-state index is 5.96. The number of hydrogen-bond donors (Lipinski definition) is 1. The van der Waals surface area contributed by atoms with Gasteiger partial charge in [0.25, 0.3) is 0 Å². The molecule has 0 aliphatic rings. The Morgan fingerprint density at radius 1 is 1.06 bits per heavy atom. The number of nitrogens with zero attached hydrogens (tertiary/aromatic N) is 4. The number of nitrogens with one attached hydrogen (secondary N) is 1. The molecule has 8 nitrogen and oxygen atoms in total. The number of benzene rings is 1. The normalized spacial score (nSPS) is 13.0. The number of methoxy groups -OCH3 is 3. The van der Waals surface area contributed by atoms with Crippen LogP contribution in [0, 0.1) is 0 Å². The molecule has 2 unspecified atom stereocenters. The van der Waals surface area contributed by atoms with E-state index in [1.165, 1.54) is 11.9 Å². The molecule has 0 saturated carbocycles. The Hall–Kier alpha value is -2.49. The summed E-state index contributed by atoms with van der Waals surface area (Å²) < 4.78 is 21.7. The lowest BCUT2D eigenvalue weighted by molar-refractivity contribution is 0.176. The molecule has 3 rings (SSSR count). The first-order valence-electron chi connectivity index (χ1n) is 9.67. The number of halogens is 1. The quantitative estimate of drug-likeness (QED) is 0.432. The molecule has 0 radical (unpaired) electrons. The number of rotatable bonds is 10. The van der Waals surface area contributed by atoms with E-state index in [1.807, 2.05) is 34.9 Å². The van der Waals surface area contributed by atoms with E-state index in [1.54, 1.807) is 27.5 Å². The third kappa shape index (κ3) is 5.23. The van der Waals surface area contributed by atoms with Gasteiger partial charge in [0.15, 0.2) is 5.82 Å². The molecule has 31 heavy (non-hydrogen) atoms. The highest BCUT2D eigenvalue weighted by Gasteiger charge is 2.23. The van der Waals surface area contributed by atoms with Crippen LogP contribution in [-0.2, 0) is 11.3 Å². The van der Waals surface area contributed by atoms with Gasteiger partial charge >= 0.3 is 0 Å². The first-order valence-corrected chi connectivity index (χ1v) is 10.9. The molecule has 0 spiro atoms. The number of pyridine rings is 1. The lowest BCUT2D eigenvalue weighted by Crippen LogP contribution is -2.14. The zero-order chi connectivity index (χ0) is 22.4. The van der Waals surface area contributed by atoms with E-state index < -0.39 is 0 Å². The fraction of sp³-hybridized carbons (Fsp3) is 0.381. The number of ether oxygens (including phenoxy) is 3. The van der Waals surface area contributed by atoms with Gasteiger partial charge in [-0.15, -0.1) is 10.2 Å². The van der Waals surface area contributed by atoms with Crippen molar-refractivity contribution in [2.45, 2.75) is 31.6 Å². The van der Waals surface area contributed by atoms with E-state index in [9.17, 15) is 0 Å². The zero-order valence-corrected chi connectivity index (χ0v) is 19.7. The van der Waals surface area contributed by atoms with Crippen molar-refractivity contribution in [1.29, 1.82) is 0 Å². The topological polar surface area (TPSA) is 83.3 Å². The monoisotopic (exact) mass is 463 g/mol. The molecule has 0 saturated heterocycles. The highest BCUT2D eigenvalue weighted by Crippen LogP contribution is 2.36. The van der Waals surface area contributed by atoms with Crippen LogP contribution in [0.2, 0.25) is 5.02 Å². The van der Waals surface area contributed by atoms with Gasteiger partial charge in [0.2, 0.25) is 5.95 Å². The van der Waals surface area contributed by atoms with Crippen LogP contribution in [0.3, 0.4) is 0 Å². The summed E-state index contributed by atoms with van der Waals surface area (Å²) in [5.41, 5.74) is 1.67. The van der Waals surface area contributed by atoms with Crippen molar-refractivity contribution in [2.75, 3.05) is 26.1 Å². The summed E-state index contributed by atoms with van der Waals surface area (Å²) in [5.74, 6) is 2.62. The molecule has 0 amide bonds. The number of aromatic nitrogens is 4. The highest BCUT2D eigenvalue weighted by molar-refractivity contribution is 8.01. The van der Waals surface area contributed by atoms with Crippen LogP contribution in [0.25, 0.3) is 5.69 Å². The van der Waals surface area contributed by atoms with Crippen LogP contribution >= 0.6 is 23.5 Å². The minimum Gasteiger partial charge on any atom is -0.494 e. The van der Waals surface area contributed by atoms with Crippen molar-refractivity contribution in [1.82, 2.24) is 19.7 Å². The summed E-state index contributed by atoms with van der Waals surface area (Å²) in [7, 11) is 4.84. The van der Waals surface area contributed by atoms with Crippen LogP contribution in [0.1, 0.15) is 31.3 Å². The minimum atomic E-state index is 0.185. The third-order valence-corrected chi connectivity index (χ3v) is 6.19. The second kappa shape index (κ2) is 10.7. The second-order valence-corrected chi connectivity index (χ2v) is 8.45. The average Bonchev–Trinajstić information content (AvgIpc) is 3.19. The SMILES string of the molecule is COCc1nnc(NSC(C)C(C)c2ccc(Cl)cn2)n1-c1c(OC)cccc1OC. The van der Waals surface area contributed by atoms with Gasteiger partial charge in [0.1, 0.15) is 23.8 Å². The fourth-order valence-corrected chi connectivity index (χ4v) is 3.92. The van der Waals surface area contributed by atoms with Gasteiger partial charge in [-0.3, -0.25) is 14.3 Å². The molecule has 0 aliphatic heterocycles. The summed E-state index contributed by atoms with van der Waals surface area (Å²) >= 11 is 7.50. The Labute approximate surface area is 191 Å². The van der Waals surface area contributed by atoms with E-state index in [4.69, 9.17) is 25.8 Å². The maximum Gasteiger partial charge on any atom is 0.239 e. The summed E-state index contributed by atoms with van der Waals surface area (Å²) in [6.45, 7) is 4.53. The van der Waals surface area contributed by atoms with Crippen LogP contribution in [0.15, 0.2) is 36.5 Å². The highest BCUT2D eigenvalue weighted by atomic mass is 35.5. The number of hydrogen-bond acceptors (Lipinski definition) is 8. The summed E-state index contributed by atoms with van der Waals surface area (Å²) in [5, 5.41) is 9.44. The van der Waals surface area contributed by atoms with Crippen molar-refractivity contribution in [2.24, 2.45) is 0 Å². The molecule has 2 heterocycles. The maximum atomic E-state index is 5.96. The molecule has 1 aromatic carbocycles. The largest absolute Gasteiger partial charge is 0.494 e. The molecule has 0 fully saturated rings. The van der Waals surface area contributed by atoms with Crippen molar-refractivity contribution in [3.8, 4) is 17.2 Å². The smallest absolute Gasteiger partial charge is 0.239 e. The Morgan fingerprint density at radius 3 is 2.35 bits per heavy atom. The van der Waals surface area contributed by atoms with Crippen molar-refractivity contribution in [3.05, 3.63) is 53.1 Å². The second-order valence-electron chi connectivity index (χ2n) is 6.83. The lowest BCUT2D eigenvalue weighted by Gasteiger charge is -2.21. The van der Waals surface area contributed by atoms with E-state index in [2.05, 4.69) is 33.8 Å². The van der Waals surface area contributed by atoms with Gasteiger partial charge in [0, 0.05) is 30.2 Å². The van der Waals surface area contributed by atoms with Crippen molar-refractivity contribution in [3.63, 3.8) is 0 Å². The van der Waals surface area contributed by atoms with Crippen LogP contribution in [-0.4, -0.2) is 46.3 Å². The van der Waals surface area contributed by atoms with E-state index >= 15 is 0 Å². The first-order chi connectivity index (χ1) is 15.0. The van der Waals surface area contributed by atoms with Gasteiger partial charge in [0.05, 0.1) is 19.2 Å². The van der Waals surface area contributed by atoms with E-state index in [0.717, 1.165) is 5.69 Å². The number of anilines is 1. The first kappa shape index (κ1) is 23.2. The molecule has 1 N–H and O–H groups in total. The lowest BCUT2D eigenvalue weighted by atomic mass is 10.0. The Morgan fingerprint density at radius 2 is 1.77 bits per heavy atom. The predicted molar refractivity (Wildman–Crippen MR) is 124 cm³/mol. The Balaban J connectivity index is 1.89. The third-order valence-electron chi connectivity index (χ3n) is 4.89. The van der Waals surface area contributed by atoms with Gasteiger partial charge in [-0.1, -0.05) is 31.5 Å². The van der Waals surface area contributed by atoms with Gasteiger partial charge in [-0.05, 0) is 36.2 Å². The predicted octanol–water partition coefficient (Wildman–Crippen LogP) is 4.73. The van der Waals surface area contributed by atoms with Crippen LogP contribution < -0.4 is 14.2 Å². The minimum absolute atomic E-state index is 0.185. The van der Waals surface area contributed by atoms with E-state index in [0.29, 0.717) is 34.0 Å². The van der Waals surface area contributed by atoms with Gasteiger partial charge < -0.3 is 14.2 Å². The molecular formula is C21H26ClN5O3S. The molecule has 0 aliphatic carbocycles. The standard InChI is InChI=1S/C21H26ClN5O3S/c1-13(16-10-9-15(22)11-23-16)14(2)31-26-21-25-24-19(12-28-3)27(21)20-17(29-4)7-6-8-18(20)30-5/h6-11,13-14H,12H2,1-5H3,(H,25,26). The van der Waals surface area contributed by atoms with Crippen molar-refractivity contribution < 1.29 is 14.2 Å². The molecule has 2 atom stereocenters. The molecule has 0 bridgehead atoms. The fourth-order valence-electron chi connectivity index (χ4n) is 3.04. The average molecular weight is 464 g/mol. The molecular weight excluding hydrogens is 438 g/mol. The number of para-hydroxylation sites is 1. The van der Waals surface area contributed by atoms with Gasteiger partial charge in [-0.2, -0.15) is 0 Å². The van der Waals surface area contributed by atoms with Gasteiger partial charge in [-0.25, -0.2) is 0 Å². The Bertz CT molecular complexity index is 977. The van der Waals surface area contributed by atoms with E-state index in [-0.39, 0.29) is 17.8 Å². The van der Waals surface area contributed by atoms with Crippen LogP contribution in [0.5, 0.6) is 11.5 Å². The zero-order valence-electron chi connectivity index (χ0n) is 18.1. The molecule has 3 aromatic rings. The molecule has 10 heteroatoms. The summed E-state index contributed by atoms with van der Waals surface area (Å²) in [6.07, 6.45) is 1.67. The Kier molecular flexibility index (Phi) is 8.00. The summed E-state index contributed by atoms with van der Waals surface area (Å²) in [6, 6.07) is 9.40. The summed E-state index contributed by atoms with van der Waals surface area (Å²) in [4.78, 5) is 4.44. The molecule has 2 aromatic heterocycles. The van der Waals surface area contributed by atoms with Crippen LogP contribution in [0.4, 0.5) is 5.95 Å².